The van der Waals surface area contributed by atoms with Gasteiger partial charge < -0.3 is 14.8 Å². The summed E-state index contributed by atoms with van der Waals surface area (Å²) < 4.78 is 10.7. The number of pyridine rings is 1. The van der Waals surface area contributed by atoms with Crippen molar-refractivity contribution < 1.29 is 9.47 Å². The van der Waals surface area contributed by atoms with E-state index in [4.69, 9.17) is 21.1 Å². The van der Waals surface area contributed by atoms with Crippen molar-refractivity contribution in [1.82, 2.24) is 10.3 Å². The minimum atomic E-state index is 0.544. The molecule has 1 aromatic carbocycles. The first-order chi connectivity index (χ1) is 12.1. The Hall–Kier alpha value is -2.30. The molecule has 1 N–H and O–H groups in total. The topological polar surface area (TPSA) is 43.4 Å². The van der Waals surface area contributed by atoms with Crippen LogP contribution in [0.2, 0.25) is 5.02 Å². The van der Waals surface area contributed by atoms with Crippen LogP contribution in [0.25, 0.3) is 11.6 Å². The molecule has 2 aromatic rings. The molecule has 1 fully saturated rings. The van der Waals surface area contributed by atoms with Gasteiger partial charge in [-0.1, -0.05) is 17.7 Å². The number of allylic oxidation sites excluding steroid dienone is 1. The zero-order valence-electron chi connectivity index (χ0n) is 14.6. The number of hydrogen-bond acceptors (Lipinski definition) is 4. The molecule has 0 unspecified atom stereocenters. The van der Waals surface area contributed by atoms with Crippen molar-refractivity contribution in [2.24, 2.45) is 0 Å². The van der Waals surface area contributed by atoms with E-state index < -0.39 is 0 Å². The minimum absolute atomic E-state index is 0.544. The fourth-order valence-electron chi connectivity index (χ4n) is 3.02. The van der Waals surface area contributed by atoms with Crippen LogP contribution in [0, 0.1) is 0 Å². The van der Waals surface area contributed by atoms with Crippen LogP contribution < -0.4 is 14.8 Å². The fourth-order valence-corrected chi connectivity index (χ4v) is 3.31. The maximum absolute atomic E-state index is 6.37. The predicted octanol–water partition coefficient (Wildman–Crippen LogP) is 4.21. The number of methoxy groups -OCH3 is 2. The molecule has 1 aromatic heterocycles. The van der Waals surface area contributed by atoms with Gasteiger partial charge in [0, 0.05) is 25.5 Å². The Morgan fingerprint density at radius 2 is 1.92 bits per heavy atom. The molecule has 1 saturated heterocycles. The summed E-state index contributed by atoms with van der Waals surface area (Å²) in [7, 11) is 3.21. The van der Waals surface area contributed by atoms with Crippen LogP contribution in [0.5, 0.6) is 11.5 Å². The van der Waals surface area contributed by atoms with Crippen molar-refractivity contribution >= 4 is 23.3 Å². The molecule has 0 spiro atoms. The maximum Gasteiger partial charge on any atom is 0.179 e. The lowest BCUT2D eigenvalue weighted by Crippen LogP contribution is -2.05. The molecule has 0 radical (unpaired) electrons. The van der Waals surface area contributed by atoms with Crippen LogP contribution in [-0.2, 0) is 0 Å². The van der Waals surface area contributed by atoms with E-state index in [-0.39, 0.29) is 0 Å². The lowest BCUT2D eigenvalue weighted by molar-refractivity contribution is 0.355. The molecule has 4 nitrogen and oxygen atoms in total. The molecular weight excluding hydrogens is 336 g/mol. The molecular formula is C20H21ClN2O2. The van der Waals surface area contributed by atoms with Gasteiger partial charge in [-0.3, -0.25) is 4.98 Å². The first-order valence-electron chi connectivity index (χ1n) is 8.07. The molecule has 0 bridgehead atoms. The molecule has 0 atom stereocenters. The summed E-state index contributed by atoms with van der Waals surface area (Å²) in [6.45, 7) is 3.78. The average Bonchev–Trinajstić information content (AvgIpc) is 3.09. The summed E-state index contributed by atoms with van der Waals surface area (Å²) in [5, 5.41) is 3.97. The molecule has 0 amide bonds. The number of ether oxygens (including phenoxy) is 2. The van der Waals surface area contributed by atoms with Crippen molar-refractivity contribution in [2.45, 2.75) is 6.92 Å². The summed E-state index contributed by atoms with van der Waals surface area (Å²) in [4.78, 5) is 4.07. The standard InChI is InChI=1S/C20H21ClN2O2/c1-13(15-9-18(21)20(25-3)19(10-15)24-2)17-12-23-11-16(17)8-14-4-6-22-7-5-14/h4-10,23H,11-12H2,1-3H3/b16-8-,17-13+. The molecule has 0 aliphatic carbocycles. The number of hydrogen-bond donors (Lipinski definition) is 1. The van der Waals surface area contributed by atoms with Gasteiger partial charge in [-0.2, -0.15) is 0 Å². The number of aromatic nitrogens is 1. The van der Waals surface area contributed by atoms with Crippen LogP contribution >= 0.6 is 11.6 Å². The largest absolute Gasteiger partial charge is 0.493 e. The summed E-state index contributed by atoms with van der Waals surface area (Å²) >= 11 is 6.37. The van der Waals surface area contributed by atoms with E-state index in [0.29, 0.717) is 16.5 Å². The molecule has 2 heterocycles. The zero-order chi connectivity index (χ0) is 17.8. The van der Waals surface area contributed by atoms with E-state index in [9.17, 15) is 0 Å². The summed E-state index contributed by atoms with van der Waals surface area (Å²) in [6.07, 6.45) is 5.81. The van der Waals surface area contributed by atoms with Gasteiger partial charge in [0.2, 0.25) is 0 Å². The van der Waals surface area contributed by atoms with Crippen LogP contribution in [0.1, 0.15) is 18.1 Å². The van der Waals surface area contributed by atoms with E-state index in [1.165, 1.54) is 16.7 Å². The quantitative estimate of drug-likeness (QED) is 0.891. The lowest BCUT2D eigenvalue weighted by Gasteiger charge is -2.14. The highest BCUT2D eigenvalue weighted by atomic mass is 35.5. The van der Waals surface area contributed by atoms with Crippen LogP contribution in [0.4, 0.5) is 0 Å². The van der Waals surface area contributed by atoms with Crippen molar-refractivity contribution in [3.05, 3.63) is 64.0 Å². The highest BCUT2D eigenvalue weighted by Crippen LogP contribution is 2.39. The van der Waals surface area contributed by atoms with Crippen LogP contribution in [-0.4, -0.2) is 32.3 Å². The van der Waals surface area contributed by atoms with Gasteiger partial charge in [-0.05, 0) is 59.0 Å². The molecule has 0 saturated carbocycles. The van der Waals surface area contributed by atoms with Crippen LogP contribution in [0.15, 0.2) is 47.8 Å². The molecule has 3 rings (SSSR count). The van der Waals surface area contributed by atoms with E-state index in [2.05, 4.69) is 23.3 Å². The Labute approximate surface area is 153 Å². The Morgan fingerprint density at radius 1 is 1.16 bits per heavy atom. The number of nitrogens with zero attached hydrogens (tertiary/aromatic N) is 1. The van der Waals surface area contributed by atoms with Crippen molar-refractivity contribution in [3.8, 4) is 11.5 Å². The second kappa shape index (κ2) is 7.72. The second-order valence-electron chi connectivity index (χ2n) is 5.85. The summed E-state index contributed by atoms with van der Waals surface area (Å²) in [5.74, 6) is 1.19. The van der Waals surface area contributed by atoms with Gasteiger partial charge in [-0.15, -0.1) is 0 Å². The van der Waals surface area contributed by atoms with Gasteiger partial charge in [0.25, 0.3) is 0 Å². The van der Waals surface area contributed by atoms with Crippen molar-refractivity contribution in [3.63, 3.8) is 0 Å². The van der Waals surface area contributed by atoms with E-state index in [1.807, 2.05) is 24.3 Å². The van der Waals surface area contributed by atoms with Crippen LogP contribution in [0.3, 0.4) is 0 Å². The molecule has 1 aliphatic heterocycles. The summed E-state index contributed by atoms with van der Waals surface area (Å²) in [5.41, 5.74) is 5.90. The van der Waals surface area contributed by atoms with Crippen molar-refractivity contribution in [2.75, 3.05) is 27.3 Å². The normalized spacial score (nSPS) is 17.7. The van der Waals surface area contributed by atoms with Gasteiger partial charge in [-0.25, -0.2) is 0 Å². The molecule has 1 aliphatic rings. The fraction of sp³-hybridized carbons (Fsp3) is 0.250. The molecule has 25 heavy (non-hydrogen) atoms. The Balaban J connectivity index is 2.04. The average molecular weight is 357 g/mol. The third-order valence-corrected chi connectivity index (χ3v) is 4.65. The first-order valence-corrected chi connectivity index (χ1v) is 8.45. The van der Waals surface area contributed by atoms with Gasteiger partial charge in [0.1, 0.15) is 0 Å². The number of halogens is 1. The van der Waals surface area contributed by atoms with E-state index in [0.717, 1.165) is 24.2 Å². The van der Waals surface area contributed by atoms with Gasteiger partial charge in [0.05, 0.1) is 19.2 Å². The zero-order valence-corrected chi connectivity index (χ0v) is 15.4. The Bertz CT molecular complexity index is 829. The maximum atomic E-state index is 6.37. The highest BCUT2D eigenvalue weighted by molar-refractivity contribution is 6.32. The Kier molecular flexibility index (Phi) is 5.41. The predicted molar refractivity (Wildman–Crippen MR) is 102 cm³/mol. The van der Waals surface area contributed by atoms with E-state index in [1.54, 1.807) is 26.6 Å². The lowest BCUT2D eigenvalue weighted by atomic mass is 9.96. The first kappa shape index (κ1) is 17.5. The minimum Gasteiger partial charge on any atom is -0.493 e. The van der Waals surface area contributed by atoms with Gasteiger partial charge in [0.15, 0.2) is 11.5 Å². The second-order valence-corrected chi connectivity index (χ2v) is 6.26. The SMILES string of the molecule is COc1cc(/C(C)=C2\CNC\C2=C\c2ccncc2)cc(Cl)c1OC. The van der Waals surface area contributed by atoms with Crippen molar-refractivity contribution in [1.29, 1.82) is 0 Å². The van der Waals surface area contributed by atoms with Gasteiger partial charge >= 0.3 is 0 Å². The molecule has 5 heteroatoms. The monoisotopic (exact) mass is 356 g/mol. The third-order valence-electron chi connectivity index (χ3n) is 4.37. The number of nitrogens with one attached hydrogen (secondary N) is 1. The van der Waals surface area contributed by atoms with E-state index >= 15 is 0 Å². The highest BCUT2D eigenvalue weighted by Gasteiger charge is 2.19. The smallest absolute Gasteiger partial charge is 0.179 e. The Morgan fingerprint density at radius 3 is 2.60 bits per heavy atom. The third kappa shape index (κ3) is 3.70. The molecule has 130 valence electrons. The summed E-state index contributed by atoms with van der Waals surface area (Å²) in [6, 6.07) is 7.90. The number of rotatable bonds is 4. The number of benzene rings is 1.